The fraction of sp³-hybridized carbons (Fsp3) is 0.933. The Bertz CT molecular complexity index is 392. The van der Waals surface area contributed by atoms with Crippen LogP contribution in [0.2, 0.25) is 0 Å². The predicted octanol–water partition coefficient (Wildman–Crippen LogP) is 0.459. The number of halogens is 3. The van der Waals surface area contributed by atoms with Gasteiger partial charge in [-0.25, -0.2) is 0 Å². The Kier molecular flexibility index (Phi) is 7.91. The monoisotopic (exact) mass is 355 g/mol. The lowest BCUT2D eigenvalue weighted by molar-refractivity contribution is -0.173. The van der Waals surface area contributed by atoms with Gasteiger partial charge in [0.2, 0.25) is 0 Å². The fourth-order valence-corrected chi connectivity index (χ4v) is 2.32. The van der Waals surface area contributed by atoms with Crippen LogP contribution in [0.15, 0.2) is 0 Å². The first-order valence-corrected chi connectivity index (χ1v) is 8.09. The number of hydrogen-bond acceptors (Lipinski definition) is 5. The first-order valence-electron chi connectivity index (χ1n) is 8.09. The second-order valence-corrected chi connectivity index (χ2v) is 6.97. The van der Waals surface area contributed by atoms with Gasteiger partial charge in [0.05, 0.1) is 18.3 Å². The molecule has 1 heterocycles. The van der Waals surface area contributed by atoms with Crippen LogP contribution in [-0.2, 0) is 9.53 Å². The molecule has 1 aliphatic rings. The maximum absolute atomic E-state index is 12.1. The molecule has 0 unspecified atom stereocenters. The third-order valence-electron chi connectivity index (χ3n) is 3.61. The number of amides is 1. The molecular formula is C15H28F3N3O3. The molecule has 0 radical (unpaired) electrons. The molecule has 0 saturated carbocycles. The average molecular weight is 355 g/mol. The molecule has 1 atom stereocenters. The lowest BCUT2D eigenvalue weighted by Crippen LogP contribution is -2.51. The number of aliphatic hydroxyl groups is 1. The number of ether oxygens (including phenoxy) is 1. The van der Waals surface area contributed by atoms with E-state index in [0.29, 0.717) is 26.2 Å². The minimum atomic E-state index is -4.83. The molecule has 1 rings (SSSR count). The van der Waals surface area contributed by atoms with Crippen molar-refractivity contribution in [2.75, 3.05) is 52.4 Å². The quantitative estimate of drug-likeness (QED) is 0.695. The van der Waals surface area contributed by atoms with Crippen molar-refractivity contribution in [3.05, 3.63) is 0 Å². The van der Waals surface area contributed by atoms with Crippen LogP contribution in [0.25, 0.3) is 0 Å². The summed E-state index contributed by atoms with van der Waals surface area (Å²) < 4.78 is 41.7. The van der Waals surface area contributed by atoms with Gasteiger partial charge in [0, 0.05) is 45.8 Å². The van der Waals surface area contributed by atoms with Gasteiger partial charge in [0.15, 0.2) is 0 Å². The van der Waals surface area contributed by atoms with Gasteiger partial charge in [0.25, 0.3) is 0 Å². The van der Waals surface area contributed by atoms with E-state index in [1.807, 2.05) is 31.0 Å². The molecule has 0 aromatic heterocycles. The van der Waals surface area contributed by atoms with E-state index in [1.165, 1.54) is 0 Å². The molecule has 142 valence electrons. The average Bonchev–Trinajstić information content (AvgIpc) is 2.45. The van der Waals surface area contributed by atoms with Crippen LogP contribution in [0.1, 0.15) is 20.8 Å². The van der Waals surface area contributed by atoms with Crippen LogP contribution < -0.4 is 5.32 Å². The zero-order valence-electron chi connectivity index (χ0n) is 14.5. The topological polar surface area (TPSA) is 65.0 Å². The van der Waals surface area contributed by atoms with Gasteiger partial charge in [-0.3, -0.25) is 14.6 Å². The highest BCUT2D eigenvalue weighted by Gasteiger charge is 2.38. The Morgan fingerprint density at radius 2 is 1.71 bits per heavy atom. The number of aliphatic hydroxyl groups excluding tert-OH is 1. The summed E-state index contributed by atoms with van der Waals surface area (Å²) in [6.45, 7) is 9.74. The summed E-state index contributed by atoms with van der Waals surface area (Å²) in [6, 6.07) is 0. The molecule has 2 N–H and O–H groups in total. The van der Waals surface area contributed by atoms with Crippen molar-refractivity contribution in [1.29, 1.82) is 0 Å². The molecule has 9 heteroatoms. The summed E-state index contributed by atoms with van der Waals surface area (Å²) in [7, 11) is 0. The Morgan fingerprint density at radius 1 is 1.17 bits per heavy atom. The molecule has 1 aliphatic heterocycles. The number of rotatable bonds is 7. The number of piperazine rings is 1. The maximum Gasteiger partial charge on any atom is 0.471 e. The van der Waals surface area contributed by atoms with E-state index < -0.39 is 18.2 Å². The molecule has 1 saturated heterocycles. The van der Waals surface area contributed by atoms with E-state index in [9.17, 15) is 23.1 Å². The highest BCUT2D eigenvalue weighted by atomic mass is 19.4. The SMILES string of the molecule is CC(C)(C)OC[C@@H](O)CN1CCN(CCNC(=O)C(F)(F)F)CC1. The van der Waals surface area contributed by atoms with Crippen LogP contribution in [0.5, 0.6) is 0 Å². The maximum atomic E-state index is 12.1. The van der Waals surface area contributed by atoms with E-state index in [2.05, 4.69) is 4.90 Å². The van der Waals surface area contributed by atoms with Crippen LogP contribution >= 0.6 is 0 Å². The predicted molar refractivity (Wildman–Crippen MR) is 83.7 cm³/mol. The Labute approximate surface area is 140 Å². The lowest BCUT2D eigenvalue weighted by Gasteiger charge is -2.35. The number of nitrogens with zero attached hydrogens (tertiary/aromatic N) is 2. The van der Waals surface area contributed by atoms with Gasteiger partial charge in [-0.2, -0.15) is 13.2 Å². The largest absolute Gasteiger partial charge is 0.471 e. The molecule has 6 nitrogen and oxygen atoms in total. The number of carbonyl (C=O) groups is 1. The zero-order valence-corrected chi connectivity index (χ0v) is 14.5. The summed E-state index contributed by atoms with van der Waals surface area (Å²) in [4.78, 5) is 14.8. The van der Waals surface area contributed by atoms with Crippen molar-refractivity contribution in [3.8, 4) is 0 Å². The van der Waals surface area contributed by atoms with Crippen molar-refractivity contribution in [2.24, 2.45) is 0 Å². The first-order chi connectivity index (χ1) is 11.0. The van der Waals surface area contributed by atoms with Crippen LogP contribution in [0.3, 0.4) is 0 Å². The van der Waals surface area contributed by atoms with Gasteiger partial charge < -0.3 is 15.2 Å². The standard InChI is InChI=1S/C15H28F3N3O3/c1-14(2,3)24-11-12(22)10-21-8-6-20(7-9-21)5-4-19-13(23)15(16,17)18/h12,22H,4-11H2,1-3H3,(H,19,23)/t12-/m0/s1. The van der Waals surface area contributed by atoms with Gasteiger partial charge in [-0.15, -0.1) is 0 Å². The molecule has 0 aliphatic carbocycles. The fourth-order valence-electron chi connectivity index (χ4n) is 2.32. The van der Waals surface area contributed by atoms with Crippen molar-refractivity contribution in [1.82, 2.24) is 15.1 Å². The van der Waals surface area contributed by atoms with Crippen LogP contribution in [-0.4, -0.2) is 91.1 Å². The summed E-state index contributed by atoms with van der Waals surface area (Å²) in [5.74, 6) is -1.90. The van der Waals surface area contributed by atoms with Crippen LogP contribution in [0, 0.1) is 0 Å². The molecule has 0 aromatic rings. The third kappa shape index (κ3) is 8.81. The normalized spacial score (nSPS) is 19.3. The third-order valence-corrected chi connectivity index (χ3v) is 3.61. The molecule has 0 spiro atoms. The van der Waals surface area contributed by atoms with Gasteiger partial charge in [-0.1, -0.05) is 0 Å². The summed E-state index contributed by atoms with van der Waals surface area (Å²) in [6.07, 6.45) is -5.40. The van der Waals surface area contributed by atoms with E-state index >= 15 is 0 Å². The minimum absolute atomic E-state index is 0.0274. The second-order valence-electron chi connectivity index (χ2n) is 6.97. The number of alkyl halides is 3. The smallest absolute Gasteiger partial charge is 0.389 e. The van der Waals surface area contributed by atoms with Gasteiger partial charge in [0.1, 0.15) is 0 Å². The Hall–Kier alpha value is -0.900. The van der Waals surface area contributed by atoms with E-state index in [4.69, 9.17) is 4.74 Å². The highest BCUT2D eigenvalue weighted by Crippen LogP contribution is 2.14. The molecule has 1 amide bonds. The summed E-state index contributed by atoms with van der Waals surface area (Å²) >= 11 is 0. The first kappa shape index (κ1) is 21.1. The second kappa shape index (κ2) is 8.98. The minimum Gasteiger partial charge on any atom is -0.389 e. The van der Waals surface area contributed by atoms with E-state index in [0.717, 1.165) is 13.1 Å². The molecule has 0 aromatic carbocycles. The Morgan fingerprint density at radius 3 is 2.21 bits per heavy atom. The molecule has 1 fully saturated rings. The number of hydrogen-bond donors (Lipinski definition) is 2. The zero-order chi connectivity index (χ0) is 18.4. The Balaban J connectivity index is 2.17. The van der Waals surface area contributed by atoms with Crippen molar-refractivity contribution in [3.63, 3.8) is 0 Å². The lowest BCUT2D eigenvalue weighted by atomic mass is 10.2. The molecule has 0 bridgehead atoms. The summed E-state index contributed by atoms with van der Waals surface area (Å²) in [5, 5.41) is 11.8. The van der Waals surface area contributed by atoms with Crippen molar-refractivity contribution in [2.45, 2.75) is 38.7 Å². The van der Waals surface area contributed by atoms with Gasteiger partial charge in [-0.05, 0) is 20.8 Å². The highest BCUT2D eigenvalue weighted by molar-refractivity contribution is 5.81. The number of nitrogens with one attached hydrogen (secondary N) is 1. The van der Waals surface area contributed by atoms with E-state index in [1.54, 1.807) is 0 Å². The summed E-state index contributed by atoms with van der Waals surface area (Å²) in [5.41, 5.74) is -0.291. The molecule has 24 heavy (non-hydrogen) atoms. The van der Waals surface area contributed by atoms with Crippen molar-refractivity contribution >= 4 is 5.91 Å². The van der Waals surface area contributed by atoms with E-state index in [-0.39, 0.29) is 18.8 Å². The number of β-amino-alcohol motifs (C(OH)–C–C–N with tert-alkyl or cyclic N) is 1. The van der Waals surface area contributed by atoms with Crippen molar-refractivity contribution < 1.29 is 27.8 Å². The molecular weight excluding hydrogens is 327 g/mol. The number of carbonyl (C=O) groups excluding carboxylic acids is 1. The van der Waals surface area contributed by atoms with Gasteiger partial charge >= 0.3 is 12.1 Å². The van der Waals surface area contributed by atoms with Crippen LogP contribution in [0.4, 0.5) is 13.2 Å².